The number of ether oxygens (including phenoxy) is 3. The van der Waals surface area contributed by atoms with Crippen LogP contribution in [0.25, 0.3) is 0 Å². The van der Waals surface area contributed by atoms with E-state index in [0.29, 0.717) is 0 Å². The minimum Gasteiger partial charge on any atom is -0.496 e. The zero-order chi connectivity index (χ0) is 22.9. The first-order valence-electron chi connectivity index (χ1n) is 10.6. The van der Waals surface area contributed by atoms with Crippen molar-refractivity contribution in [3.05, 3.63) is 69.8 Å². The van der Waals surface area contributed by atoms with Crippen LogP contribution in [0.15, 0.2) is 36.4 Å². The number of benzene rings is 3. The van der Waals surface area contributed by atoms with Gasteiger partial charge in [0.15, 0.2) is 8.80 Å². The Balaban J connectivity index is 2.31. The van der Waals surface area contributed by atoms with E-state index >= 15 is 0 Å². The van der Waals surface area contributed by atoms with Gasteiger partial charge in [-0.1, -0.05) is 36.4 Å². The third kappa shape index (κ3) is 4.35. The lowest BCUT2D eigenvalue weighted by molar-refractivity contribution is 0.408. The lowest BCUT2D eigenvalue weighted by Crippen LogP contribution is -2.52. The summed E-state index contributed by atoms with van der Waals surface area (Å²) >= 11 is 0. The van der Waals surface area contributed by atoms with Gasteiger partial charge >= 0.3 is 0 Å². The number of hydrogen-bond donors (Lipinski definition) is 0. The third-order valence-corrected chi connectivity index (χ3v) is 8.46. The van der Waals surface area contributed by atoms with Crippen molar-refractivity contribution in [1.82, 2.24) is 0 Å². The van der Waals surface area contributed by atoms with Crippen LogP contribution < -0.4 is 29.8 Å². The van der Waals surface area contributed by atoms with Crippen LogP contribution in [-0.2, 0) is 0 Å². The van der Waals surface area contributed by atoms with Gasteiger partial charge in [0.05, 0.1) is 21.3 Å². The fraction of sp³-hybridized carbons (Fsp3) is 0.333. The van der Waals surface area contributed by atoms with Gasteiger partial charge in [-0.25, -0.2) is 0 Å². The highest BCUT2D eigenvalue weighted by Crippen LogP contribution is 2.25. The van der Waals surface area contributed by atoms with Gasteiger partial charge in [0.2, 0.25) is 0 Å². The first kappa shape index (κ1) is 23.0. The normalized spacial score (nSPS) is 11.0. The van der Waals surface area contributed by atoms with E-state index in [1.165, 1.54) is 48.9 Å². The molecular weight excluding hydrogens is 400 g/mol. The summed E-state index contributed by atoms with van der Waals surface area (Å²) in [6.45, 7) is 12.8. The van der Waals surface area contributed by atoms with Crippen molar-refractivity contribution in [1.29, 1.82) is 0 Å². The molecule has 3 nitrogen and oxygen atoms in total. The first-order valence-corrected chi connectivity index (χ1v) is 12.1. The molecule has 0 saturated heterocycles. The molecular formula is C27H33O3Si. The minimum atomic E-state index is -1.25. The van der Waals surface area contributed by atoms with Gasteiger partial charge < -0.3 is 14.2 Å². The largest absolute Gasteiger partial charge is 0.496 e. The van der Waals surface area contributed by atoms with E-state index in [2.05, 4.69) is 77.9 Å². The molecule has 0 amide bonds. The van der Waals surface area contributed by atoms with Crippen molar-refractivity contribution < 1.29 is 14.2 Å². The Kier molecular flexibility index (Phi) is 6.80. The van der Waals surface area contributed by atoms with Crippen molar-refractivity contribution in [3.8, 4) is 17.2 Å². The van der Waals surface area contributed by atoms with Gasteiger partial charge in [0.25, 0.3) is 0 Å². The summed E-state index contributed by atoms with van der Waals surface area (Å²) in [5.41, 5.74) is 7.02. The maximum Gasteiger partial charge on any atom is 0.154 e. The van der Waals surface area contributed by atoms with E-state index in [9.17, 15) is 0 Å². The van der Waals surface area contributed by atoms with Crippen molar-refractivity contribution in [2.45, 2.75) is 41.5 Å². The fourth-order valence-corrected chi connectivity index (χ4v) is 7.91. The Bertz CT molecular complexity index is 907. The molecule has 3 aromatic rings. The maximum atomic E-state index is 5.64. The molecule has 1 radical (unpaired) electrons. The number of aryl methyl sites for hydroxylation is 6. The topological polar surface area (TPSA) is 27.7 Å². The van der Waals surface area contributed by atoms with E-state index in [-0.39, 0.29) is 0 Å². The molecule has 0 atom stereocenters. The van der Waals surface area contributed by atoms with Crippen LogP contribution in [-0.4, -0.2) is 30.1 Å². The van der Waals surface area contributed by atoms with Crippen LogP contribution in [0.1, 0.15) is 33.4 Å². The standard InChI is InChI=1S/C27H33O3Si/c1-16-10-22(11-17(2)25(16)28-7)31(23-12-18(3)26(29-8)19(4)13-23)24-14-20(5)27(30-9)21(6)15-24/h10-15H,1-9H3. The summed E-state index contributed by atoms with van der Waals surface area (Å²) in [6.07, 6.45) is 0. The number of rotatable bonds is 6. The molecule has 0 N–H and O–H groups in total. The van der Waals surface area contributed by atoms with Gasteiger partial charge in [-0.3, -0.25) is 0 Å². The van der Waals surface area contributed by atoms with Gasteiger partial charge in [-0.2, -0.15) is 0 Å². The van der Waals surface area contributed by atoms with E-state index in [1.807, 2.05) is 0 Å². The summed E-state index contributed by atoms with van der Waals surface area (Å²) in [4.78, 5) is 0. The molecule has 0 aromatic heterocycles. The second kappa shape index (κ2) is 9.19. The lowest BCUT2D eigenvalue weighted by atomic mass is 10.1. The molecule has 3 rings (SSSR count). The summed E-state index contributed by atoms with van der Waals surface area (Å²) in [5.74, 6) is 2.90. The average molecular weight is 434 g/mol. The molecule has 0 fully saturated rings. The number of hydrogen-bond acceptors (Lipinski definition) is 3. The van der Waals surface area contributed by atoms with E-state index in [1.54, 1.807) is 21.3 Å². The van der Waals surface area contributed by atoms with Crippen molar-refractivity contribution >= 4 is 24.4 Å². The summed E-state index contributed by atoms with van der Waals surface area (Å²) in [5, 5.41) is 4.07. The first-order chi connectivity index (χ1) is 14.7. The van der Waals surface area contributed by atoms with Crippen molar-refractivity contribution in [2.24, 2.45) is 0 Å². The highest BCUT2D eigenvalue weighted by molar-refractivity contribution is 6.95. The second-order valence-corrected chi connectivity index (χ2v) is 10.8. The highest BCUT2D eigenvalue weighted by Gasteiger charge is 2.24. The molecule has 0 bridgehead atoms. The maximum absolute atomic E-state index is 5.64. The summed E-state index contributed by atoms with van der Waals surface area (Å²) < 4.78 is 16.9. The molecule has 0 unspecified atom stereocenters. The Hall–Kier alpha value is -2.72. The Labute approximate surface area is 188 Å². The van der Waals surface area contributed by atoms with Crippen molar-refractivity contribution in [3.63, 3.8) is 0 Å². The second-order valence-electron chi connectivity index (χ2n) is 8.30. The van der Waals surface area contributed by atoms with E-state index in [4.69, 9.17) is 14.2 Å². The van der Waals surface area contributed by atoms with Crippen LogP contribution in [0.2, 0.25) is 0 Å². The quantitative estimate of drug-likeness (QED) is 0.433. The van der Waals surface area contributed by atoms with Crippen LogP contribution in [0, 0.1) is 41.5 Å². The molecule has 0 aliphatic heterocycles. The Morgan fingerprint density at radius 2 is 0.613 bits per heavy atom. The van der Waals surface area contributed by atoms with Gasteiger partial charge in [-0.15, -0.1) is 0 Å². The third-order valence-electron chi connectivity index (χ3n) is 5.86. The molecule has 0 spiro atoms. The minimum absolute atomic E-state index is 0.967. The van der Waals surface area contributed by atoms with E-state index < -0.39 is 8.80 Å². The van der Waals surface area contributed by atoms with Crippen molar-refractivity contribution in [2.75, 3.05) is 21.3 Å². The molecule has 0 aliphatic carbocycles. The predicted octanol–water partition coefficient (Wildman–Crippen LogP) is 4.08. The SMILES string of the molecule is COc1c(C)cc([Si](c2cc(C)c(OC)c(C)c2)c2cc(C)c(OC)c(C)c2)cc1C. The monoisotopic (exact) mass is 433 g/mol. The molecule has 31 heavy (non-hydrogen) atoms. The molecule has 4 heteroatoms. The molecule has 0 saturated carbocycles. The van der Waals surface area contributed by atoms with Gasteiger partial charge in [-0.05, 0) is 90.5 Å². The van der Waals surface area contributed by atoms with Gasteiger partial charge in [0.1, 0.15) is 17.2 Å². The van der Waals surface area contributed by atoms with Gasteiger partial charge in [0, 0.05) is 0 Å². The van der Waals surface area contributed by atoms with Crippen LogP contribution >= 0.6 is 0 Å². The smallest absolute Gasteiger partial charge is 0.154 e. The zero-order valence-electron chi connectivity index (χ0n) is 20.2. The summed E-state index contributed by atoms with van der Waals surface area (Å²) in [6, 6.07) is 13.8. The van der Waals surface area contributed by atoms with E-state index in [0.717, 1.165) is 17.2 Å². The zero-order valence-corrected chi connectivity index (χ0v) is 21.2. The predicted molar refractivity (Wildman–Crippen MR) is 132 cm³/mol. The van der Waals surface area contributed by atoms with Crippen LogP contribution in [0.4, 0.5) is 0 Å². The van der Waals surface area contributed by atoms with Crippen LogP contribution in [0.3, 0.4) is 0 Å². The lowest BCUT2D eigenvalue weighted by Gasteiger charge is -2.23. The van der Waals surface area contributed by atoms with Crippen LogP contribution in [0.5, 0.6) is 17.2 Å². The summed E-state index contributed by atoms with van der Waals surface area (Å²) in [7, 11) is 3.98. The highest BCUT2D eigenvalue weighted by atomic mass is 28.3. The molecule has 0 aliphatic rings. The number of methoxy groups -OCH3 is 3. The molecule has 163 valence electrons. The Morgan fingerprint density at radius 1 is 0.419 bits per heavy atom. The average Bonchev–Trinajstić information content (AvgIpc) is 2.67. The Morgan fingerprint density at radius 3 is 0.774 bits per heavy atom. The molecule has 3 aromatic carbocycles. The molecule has 0 heterocycles. The fourth-order valence-electron chi connectivity index (χ4n) is 4.75.